The monoisotopic (exact) mass is 348 g/mol. The van der Waals surface area contributed by atoms with Crippen molar-refractivity contribution < 1.29 is 14.8 Å². The SMILES string of the molecule is CCCc1nc(S/C(=C/c2ccc(C)c([N+](=O)[O-])c2)C(=O)O)n[nH]1. The number of benzene rings is 1. The highest BCUT2D eigenvalue weighted by Gasteiger charge is 2.15. The van der Waals surface area contributed by atoms with E-state index < -0.39 is 10.9 Å². The average molecular weight is 348 g/mol. The number of nitrogens with one attached hydrogen (secondary N) is 1. The van der Waals surface area contributed by atoms with E-state index >= 15 is 0 Å². The second-order valence-corrected chi connectivity index (χ2v) is 6.04. The van der Waals surface area contributed by atoms with Gasteiger partial charge in [-0.25, -0.2) is 9.78 Å². The normalized spacial score (nSPS) is 11.5. The maximum atomic E-state index is 11.4. The van der Waals surface area contributed by atoms with E-state index in [2.05, 4.69) is 15.2 Å². The van der Waals surface area contributed by atoms with E-state index in [4.69, 9.17) is 0 Å². The van der Waals surface area contributed by atoms with E-state index in [9.17, 15) is 20.0 Å². The first-order valence-corrected chi connectivity index (χ1v) is 8.01. The lowest BCUT2D eigenvalue weighted by Crippen LogP contribution is -1.98. The summed E-state index contributed by atoms with van der Waals surface area (Å²) >= 11 is 0.895. The van der Waals surface area contributed by atoms with Crippen LogP contribution in [0.4, 0.5) is 5.69 Å². The summed E-state index contributed by atoms with van der Waals surface area (Å²) in [7, 11) is 0. The fraction of sp³-hybridized carbons (Fsp3) is 0.267. The number of hydrogen-bond acceptors (Lipinski definition) is 6. The number of carbonyl (C=O) groups is 1. The van der Waals surface area contributed by atoms with Gasteiger partial charge in [0.15, 0.2) is 0 Å². The molecule has 2 N–H and O–H groups in total. The largest absolute Gasteiger partial charge is 0.477 e. The number of nitrogens with zero attached hydrogens (tertiary/aromatic N) is 3. The molecule has 0 aliphatic carbocycles. The summed E-state index contributed by atoms with van der Waals surface area (Å²) in [5.41, 5.74) is 0.892. The molecule has 2 aromatic rings. The molecular weight excluding hydrogens is 332 g/mol. The van der Waals surface area contributed by atoms with Gasteiger partial charge in [0.1, 0.15) is 10.7 Å². The van der Waals surface area contributed by atoms with E-state index in [-0.39, 0.29) is 10.6 Å². The fourth-order valence-electron chi connectivity index (χ4n) is 1.97. The molecule has 0 aliphatic heterocycles. The van der Waals surface area contributed by atoms with Crippen molar-refractivity contribution in [1.29, 1.82) is 0 Å². The predicted molar refractivity (Wildman–Crippen MR) is 89.7 cm³/mol. The number of H-pyrrole nitrogens is 1. The van der Waals surface area contributed by atoms with Gasteiger partial charge in [-0.15, -0.1) is 5.10 Å². The summed E-state index contributed by atoms with van der Waals surface area (Å²) in [6, 6.07) is 4.56. The third kappa shape index (κ3) is 4.42. The number of aromatic amines is 1. The Labute approximate surface area is 142 Å². The number of hydrogen-bond donors (Lipinski definition) is 2. The van der Waals surface area contributed by atoms with Gasteiger partial charge < -0.3 is 5.11 Å². The summed E-state index contributed by atoms with van der Waals surface area (Å²) in [6.45, 7) is 3.63. The molecule has 126 valence electrons. The molecule has 1 heterocycles. The molecule has 0 saturated carbocycles. The summed E-state index contributed by atoms with van der Waals surface area (Å²) < 4.78 is 0. The van der Waals surface area contributed by atoms with Crippen molar-refractivity contribution in [3.8, 4) is 0 Å². The van der Waals surface area contributed by atoms with Crippen LogP contribution in [0.5, 0.6) is 0 Å². The maximum Gasteiger partial charge on any atom is 0.342 e. The lowest BCUT2D eigenvalue weighted by Gasteiger charge is -2.01. The highest BCUT2D eigenvalue weighted by Crippen LogP contribution is 2.27. The van der Waals surface area contributed by atoms with Gasteiger partial charge in [0.2, 0.25) is 5.16 Å². The lowest BCUT2D eigenvalue weighted by molar-refractivity contribution is -0.385. The number of nitro groups is 1. The van der Waals surface area contributed by atoms with Crippen LogP contribution in [0.1, 0.15) is 30.3 Å². The Morgan fingerprint density at radius 3 is 2.88 bits per heavy atom. The number of aromatic nitrogens is 3. The molecule has 24 heavy (non-hydrogen) atoms. The van der Waals surface area contributed by atoms with Gasteiger partial charge in [0, 0.05) is 18.1 Å². The lowest BCUT2D eigenvalue weighted by atomic mass is 10.1. The van der Waals surface area contributed by atoms with Gasteiger partial charge in [0.05, 0.1) is 4.92 Å². The highest BCUT2D eigenvalue weighted by molar-refractivity contribution is 8.04. The van der Waals surface area contributed by atoms with Crippen molar-refractivity contribution in [3.63, 3.8) is 0 Å². The van der Waals surface area contributed by atoms with Gasteiger partial charge in [0.25, 0.3) is 5.69 Å². The van der Waals surface area contributed by atoms with Crippen molar-refractivity contribution in [2.45, 2.75) is 31.8 Å². The molecule has 0 spiro atoms. The van der Waals surface area contributed by atoms with E-state index in [0.717, 1.165) is 24.6 Å². The molecule has 0 radical (unpaired) electrons. The van der Waals surface area contributed by atoms with Crippen LogP contribution in [0.25, 0.3) is 6.08 Å². The molecule has 8 nitrogen and oxygen atoms in total. The van der Waals surface area contributed by atoms with Crippen molar-refractivity contribution in [3.05, 3.63) is 50.2 Å². The van der Waals surface area contributed by atoms with Gasteiger partial charge in [-0.2, -0.15) is 0 Å². The minimum atomic E-state index is -1.15. The van der Waals surface area contributed by atoms with Crippen molar-refractivity contribution in [2.75, 3.05) is 0 Å². The maximum absolute atomic E-state index is 11.4. The third-order valence-corrected chi connectivity index (χ3v) is 4.02. The number of carboxylic acids is 1. The Kier molecular flexibility index (Phi) is 5.69. The van der Waals surface area contributed by atoms with Crippen molar-refractivity contribution >= 4 is 29.5 Å². The zero-order valence-electron chi connectivity index (χ0n) is 13.1. The van der Waals surface area contributed by atoms with Crippen LogP contribution >= 0.6 is 11.8 Å². The Morgan fingerprint density at radius 1 is 1.50 bits per heavy atom. The quantitative estimate of drug-likeness (QED) is 0.341. The molecule has 1 aromatic carbocycles. The first kappa shape index (κ1) is 17.7. The van der Waals surface area contributed by atoms with E-state index in [1.165, 1.54) is 12.1 Å². The van der Waals surface area contributed by atoms with Crippen LogP contribution in [0, 0.1) is 17.0 Å². The minimum Gasteiger partial charge on any atom is -0.477 e. The zero-order chi connectivity index (χ0) is 17.7. The van der Waals surface area contributed by atoms with Gasteiger partial charge in [-0.05, 0) is 36.7 Å². The number of thioether (sulfide) groups is 1. The topological polar surface area (TPSA) is 122 Å². The summed E-state index contributed by atoms with van der Waals surface area (Å²) in [5.74, 6) is -0.458. The molecule has 0 bridgehead atoms. The van der Waals surface area contributed by atoms with Crippen molar-refractivity contribution in [2.24, 2.45) is 0 Å². The fourth-order valence-corrected chi connectivity index (χ4v) is 2.70. The van der Waals surface area contributed by atoms with E-state index in [1.807, 2.05) is 6.92 Å². The molecular formula is C15H16N4O4S. The second-order valence-electron chi connectivity index (χ2n) is 5.03. The zero-order valence-corrected chi connectivity index (χ0v) is 14.0. The van der Waals surface area contributed by atoms with Gasteiger partial charge in [-0.3, -0.25) is 15.2 Å². The first-order chi connectivity index (χ1) is 11.4. The van der Waals surface area contributed by atoms with Gasteiger partial charge >= 0.3 is 5.97 Å². The number of nitro benzene ring substituents is 1. The summed E-state index contributed by atoms with van der Waals surface area (Å²) in [6.07, 6.45) is 2.99. The Hall–Kier alpha value is -2.68. The standard InChI is InChI=1S/C15H16N4O4S/c1-3-4-13-16-15(18-17-13)24-12(14(20)21)8-10-6-5-9(2)11(7-10)19(22)23/h5-8H,3-4H2,1-2H3,(H,20,21)(H,16,17,18)/b12-8+. The summed E-state index contributed by atoms with van der Waals surface area (Å²) in [5, 5.41) is 27.4. The molecule has 0 unspecified atom stereocenters. The van der Waals surface area contributed by atoms with Crippen LogP contribution in [0.15, 0.2) is 28.3 Å². The molecule has 0 amide bonds. The number of aliphatic carboxylic acids is 1. The van der Waals surface area contributed by atoms with E-state index in [0.29, 0.717) is 22.1 Å². The molecule has 0 saturated heterocycles. The molecule has 0 aliphatic rings. The average Bonchev–Trinajstić information content (AvgIpc) is 2.95. The molecule has 9 heteroatoms. The smallest absolute Gasteiger partial charge is 0.342 e. The Morgan fingerprint density at radius 2 is 2.25 bits per heavy atom. The van der Waals surface area contributed by atoms with Crippen LogP contribution in [0.2, 0.25) is 0 Å². The van der Waals surface area contributed by atoms with Crippen LogP contribution < -0.4 is 0 Å². The highest BCUT2D eigenvalue weighted by atomic mass is 32.2. The van der Waals surface area contributed by atoms with E-state index in [1.54, 1.807) is 19.1 Å². The number of carboxylic acid groups (broad SMARTS) is 1. The third-order valence-electron chi connectivity index (χ3n) is 3.14. The van der Waals surface area contributed by atoms with Crippen LogP contribution in [-0.2, 0) is 11.2 Å². The molecule has 1 aromatic heterocycles. The Bertz CT molecular complexity index is 801. The second kappa shape index (κ2) is 7.73. The van der Waals surface area contributed by atoms with Gasteiger partial charge in [-0.1, -0.05) is 19.1 Å². The first-order valence-electron chi connectivity index (χ1n) is 7.20. The Balaban J connectivity index is 2.29. The molecule has 2 rings (SSSR count). The number of rotatable bonds is 7. The number of aryl methyl sites for hydroxylation is 2. The minimum absolute atomic E-state index is 0.0183. The summed E-state index contributed by atoms with van der Waals surface area (Å²) in [4.78, 5) is 26.1. The molecule has 0 fully saturated rings. The van der Waals surface area contributed by atoms with Crippen molar-refractivity contribution in [1.82, 2.24) is 15.2 Å². The van der Waals surface area contributed by atoms with Crippen LogP contribution in [0.3, 0.4) is 0 Å². The predicted octanol–water partition coefficient (Wildman–Crippen LogP) is 3.19. The molecule has 0 atom stereocenters. The van der Waals surface area contributed by atoms with Crippen LogP contribution in [-0.4, -0.2) is 31.2 Å².